The first-order valence-electron chi connectivity index (χ1n) is 5.13. The molecule has 0 fully saturated rings. The molecule has 0 spiro atoms. The van der Waals surface area contributed by atoms with Crippen molar-refractivity contribution in [1.82, 2.24) is 0 Å². The van der Waals surface area contributed by atoms with Gasteiger partial charge in [-0.2, -0.15) is 0 Å². The van der Waals surface area contributed by atoms with Crippen LogP contribution >= 0.6 is 0 Å². The zero-order chi connectivity index (χ0) is 10.5. The topological polar surface area (TPSA) is 26.3 Å². The molecule has 0 aromatic heterocycles. The third-order valence-corrected chi connectivity index (χ3v) is 1.87. The van der Waals surface area contributed by atoms with Crippen molar-refractivity contribution >= 4 is 5.97 Å². The molecule has 2 heteroatoms. The summed E-state index contributed by atoms with van der Waals surface area (Å²) < 4.78 is 5.30. The van der Waals surface area contributed by atoms with E-state index >= 15 is 0 Å². The van der Waals surface area contributed by atoms with E-state index in [0.29, 0.717) is 0 Å². The summed E-state index contributed by atoms with van der Waals surface area (Å²) in [6.45, 7) is 9.84. The molecule has 0 radical (unpaired) electrons. The average Bonchev–Trinajstić information content (AvgIpc) is 1.96. The van der Waals surface area contributed by atoms with Crippen molar-refractivity contribution in [1.29, 1.82) is 0 Å². The third-order valence-electron chi connectivity index (χ3n) is 1.87. The minimum Gasteiger partial charge on any atom is -0.460 e. The fourth-order valence-corrected chi connectivity index (χ4v) is 1.22. The van der Waals surface area contributed by atoms with Crippen LogP contribution in [-0.4, -0.2) is 11.6 Å². The monoisotopic (exact) mass is 186 g/mol. The number of carbonyl (C=O) groups is 1. The van der Waals surface area contributed by atoms with Gasteiger partial charge >= 0.3 is 5.97 Å². The smallest absolute Gasteiger partial charge is 0.309 e. The quantitative estimate of drug-likeness (QED) is 0.630. The lowest BCUT2D eigenvalue weighted by Gasteiger charge is -2.23. The fraction of sp³-hybridized carbons (Fsp3) is 0.909. The Morgan fingerprint density at radius 1 is 1.31 bits per heavy atom. The minimum absolute atomic E-state index is 0.0446. The summed E-state index contributed by atoms with van der Waals surface area (Å²) in [7, 11) is 0. The second-order valence-electron chi connectivity index (χ2n) is 4.43. The SMILES string of the molecule is CCCC(CC)C(=O)OC(C)(C)C. The van der Waals surface area contributed by atoms with Gasteiger partial charge in [0.05, 0.1) is 5.92 Å². The second-order valence-corrected chi connectivity index (χ2v) is 4.43. The Bertz CT molecular complexity index is 156. The van der Waals surface area contributed by atoms with E-state index in [9.17, 15) is 4.79 Å². The van der Waals surface area contributed by atoms with E-state index in [1.165, 1.54) is 0 Å². The van der Waals surface area contributed by atoms with E-state index in [4.69, 9.17) is 4.74 Å². The Hall–Kier alpha value is -0.530. The van der Waals surface area contributed by atoms with Crippen molar-refractivity contribution in [3.8, 4) is 0 Å². The Morgan fingerprint density at radius 3 is 2.15 bits per heavy atom. The molecule has 78 valence electrons. The predicted octanol–water partition coefficient (Wildman–Crippen LogP) is 3.15. The predicted molar refractivity (Wildman–Crippen MR) is 54.5 cm³/mol. The Labute approximate surface area is 81.7 Å². The zero-order valence-corrected chi connectivity index (χ0v) is 9.52. The number of esters is 1. The van der Waals surface area contributed by atoms with Crippen LogP contribution in [0.25, 0.3) is 0 Å². The maximum absolute atomic E-state index is 11.6. The molecular formula is C11H22O2. The molecule has 13 heavy (non-hydrogen) atoms. The number of rotatable bonds is 4. The molecule has 0 aromatic rings. The van der Waals surface area contributed by atoms with Gasteiger partial charge in [-0.3, -0.25) is 4.79 Å². The standard InChI is InChI=1S/C11H22O2/c1-6-8-9(7-2)10(12)13-11(3,4)5/h9H,6-8H2,1-5H3. The van der Waals surface area contributed by atoms with Gasteiger partial charge < -0.3 is 4.74 Å². The van der Waals surface area contributed by atoms with E-state index in [1.54, 1.807) is 0 Å². The average molecular weight is 186 g/mol. The summed E-state index contributed by atoms with van der Waals surface area (Å²) in [5.41, 5.74) is -0.349. The fourth-order valence-electron chi connectivity index (χ4n) is 1.22. The van der Waals surface area contributed by atoms with Gasteiger partial charge in [-0.05, 0) is 33.6 Å². The third kappa shape index (κ3) is 5.67. The minimum atomic E-state index is -0.349. The highest BCUT2D eigenvalue weighted by Gasteiger charge is 2.22. The molecule has 0 aromatic carbocycles. The first-order valence-corrected chi connectivity index (χ1v) is 5.13. The number of ether oxygens (including phenoxy) is 1. The molecule has 0 heterocycles. The van der Waals surface area contributed by atoms with Gasteiger partial charge in [0.1, 0.15) is 5.60 Å². The molecule has 0 aliphatic carbocycles. The molecule has 0 rings (SSSR count). The van der Waals surface area contributed by atoms with Crippen LogP contribution in [0.15, 0.2) is 0 Å². The van der Waals surface area contributed by atoms with E-state index in [-0.39, 0.29) is 17.5 Å². The Kier molecular flexibility index (Phi) is 5.04. The van der Waals surface area contributed by atoms with Crippen LogP contribution in [0.5, 0.6) is 0 Å². The largest absolute Gasteiger partial charge is 0.460 e. The summed E-state index contributed by atoms with van der Waals surface area (Å²) in [5.74, 6) is 0.0427. The summed E-state index contributed by atoms with van der Waals surface area (Å²) in [6.07, 6.45) is 2.85. The van der Waals surface area contributed by atoms with Gasteiger partial charge in [0, 0.05) is 0 Å². The van der Waals surface area contributed by atoms with E-state index in [0.717, 1.165) is 19.3 Å². The highest BCUT2D eigenvalue weighted by molar-refractivity contribution is 5.72. The maximum Gasteiger partial charge on any atom is 0.309 e. The molecule has 1 atom stereocenters. The molecule has 0 aliphatic heterocycles. The van der Waals surface area contributed by atoms with Crippen LogP contribution in [0, 0.1) is 5.92 Å². The molecule has 2 nitrogen and oxygen atoms in total. The van der Waals surface area contributed by atoms with Gasteiger partial charge in [0.15, 0.2) is 0 Å². The highest BCUT2D eigenvalue weighted by atomic mass is 16.6. The number of carbonyl (C=O) groups excluding carboxylic acids is 1. The molecule has 1 unspecified atom stereocenters. The van der Waals surface area contributed by atoms with Crippen LogP contribution in [0.4, 0.5) is 0 Å². The number of hydrogen-bond donors (Lipinski definition) is 0. The van der Waals surface area contributed by atoms with Crippen molar-refractivity contribution in [3.63, 3.8) is 0 Å². The maximum atomic E-state index is 11.6. The van der Waals surface area contributed by atoms with Gasteiger partial charge in [-0.25, -0.2) is 0 Å². The van der Waals surface area contributed by atoms with Crippen LogP contribution in [0.2, 0.25) is 0 Å². The van der Waals surface area contributed by atoms with Crippen molar-refractivity contribution in [2.45, 2.75) is 59.5 Å². The summed E-state index contributed by atoms with van der Waals surface area (Å²) >= 11 is 0. The molecule has 0 amide bonds. The molecule has 0 N–H and O–H groups in total. The first kappa shape index (κ1) is 12.5. The van der Waals surface area contributed by atoms with Crippen molar-refractivity contribution in [3.05, 3.63) is 0 Å². The Morgan fingerprint density at radius 2 is 1.85 bits per heavy atom. The van der Waals surface area contributed by atoms with Gasteiger partial charge in [-0.15, -0.1) is 0 Å². The molecule has 0 saturated heterocycles. The van der Waals surface area contributed by atoms with Gasteiger partial charge in [0.2, 0.25) is 0 Å². The summed E-state index contributed by atoms with van der Waals surface area (Å²) in [6, 6.07) is 0. The molecular weight excluding hydrogens is 164 g/mol. The lowest BCUT2D eigenvalue weighted by Crippen LogP contribution is -2.28. The second kappa shape index (κ2) is 5.25. The van der Waals surface area contributed by atoms with Crippen LogP contribution < -0.4 is 0 Å². The van der Waals surface area contributed by atoms with Crippen molar-refractivity contribution in [2.75, 3.05) is 0 Å². The van der Waals surface area contributed by atoms with Gasteiger partial charge in [0.25, 0.3) is 0 Å². The Balaban J connectivity index is 4.06. The first-order chi connectivity index (χ1) is 5.90. The lowest BCUT2D eigenvalue weighted by molar-refractivity contribution is -0.160. The number of hydrogen-bond acceptors (Lipinski definition) is 2. The van der Waals surface area contributed by atoms with Crippen LogP contribution in [0.3, 0.4) is 0 Å². The summed E-state index contributed by atoms with van der Waals surface area (Å²) in [5, 5.41) is 0. The summed E-state index contributed by atoms with van der Waals surface area (Å²) in [4.78, 5) is 11.6. The van der Waals surface area contributed by atoms with Crippen molar-refractivity contribution < 1.29 is 9.53 Å². The van der Waals surface area contributed by atoms with Crippen LogP contribution in [-0.2, 0) is 9.53 Å². The molecule has 0 bridgehead atoms. The zero-order valence-electron chi connectivity index (χ0n) is 9.52. The van der Waals surface area contributed by atoms with E-state index in [2.05, 4.69) is 6.92 Å². The van der Waals surface area contributed by atoms with E-state index < -0.39 is 0 Å². The van der Waals surface area contributed by atoms with Crippen molar-refractivity contribution in [2.24, 2.45) is 5.92 Å². The molecule has 0 saturated carbocycles. The van der Waals surface area contributed by atoms with Gasteiger partial charge in [-0.1, -0.05) is 20.3 Å². The highest BCUT2D eigenvalue weighted by Crippen LogP contribution is 2.17. The van der Waals surface area contributed by atoms with E-state index in [1.807, 2.05) is 27.7 Å². The molecule has 0 aliphatic rings. The normalized spacial score (nSPS) is 13.9. The lowest BCUT2D eigenvalue weighted by atomic mass is 10.0. The van der Waals surface area contributed by atoms with Crippen LogP contribution in [0.1, 0.15) is 53.9 Å².